The summed E-state index contributed by atoms with van der Waals surface area (Å²) in [5, 5.41) is 18.9. The van der Waals surface area contributed by atoms with Crippen LogP contribution in [0, 0.1) is 0 Å². The predicted octanol–water partition coefficient (Wildman–Crippen LogP) is 9.18. The van der Waals surface area contributed by atoms with Gasteiger partial charge in [-0.3, -0.25) is 0 Å². The third-order valence-corrected chi connectivity index (χ3v) is 4.78. The number of rotatable bonds is 4. The molecule has 4 nitrogen and oxygen atoms in total. The molecule has 194 valence electrons. The van der Waals surface area contributed by atoms with Gasteiger partial charge in [0.1, 0.15) is 11.5 Å². The Morgan fingerprint density at radius 3 is 0.974 bits per heavy atom. The third-order valence-electron chi connectivity index (χ3n) is 4.78. The largest absolute Gasteiger partial charge is 2.00 e. The van der Waals surface area contributed by atoms with Crippen LogP contribution in [-0.2, 0) is 26.2 Å². The van der Waals surface area contributed by atoms with E-state index >= 15 is 0 Å². The van der Waals surface area contributed by atoms with E-state index in [0.29, 0.717) is 23.0 Å². The van der Waals surface area contributed by atoms with Crippen LogP contribution in [-0.4, -0.2) is 10.2 Å². The van der Waals surface area contributed by atoms with Crippen LogP contribution in [0.1, 0.15) is 0 Å². The number of phenolic OH excluding ortho intramolecular Hbond substituents is 2. The first-order valence-electron chi connectivity index (χ1n) is 12.1. The number of ether oxygens (including phenoxy) is 2. The fourth-order valence-electron chi connectivity index (χ4n) is 2.96. The van der Waals surface area contributed by atoms with Crippen LogP contribution in [0.5, 0.6) is 34.5 Å². The molecule has 0 bridgehead atoms. The molecule has 0 fully saturated rings. The molecule has 0 saturated carbocycles. The Hall–Kier alpha value is -4.34. The Bertz CT molecular complexity index is 1220. The molecule has 0 atom stereocenters. The molecule has 6 aromatic carbocycles. The molecule has 0 aliphatic heterocycles. The standard InChI is InChI=1S/2C12H10O2.2C5H5.Zr/c2*13-11-8-4-5-9-12(11)14-10-6-2-1-3-7-10;2*1-2-4-5-3-1;/h2*1-9,13H;2*1-5H;/q;;2*-1;+2. The zero-order valence-electron chi connectivity index (χ0n) is 21.4. The topological polar surface area (TPSA) is 58.9 Å². The molecule has 6 rings (SSSR count). The van der Waals surface area contributed by atoms with E-state index < -0.39 is 0 Å². The molecule has 0 radical (unpaired) electrons. The van der Waals surface area contributed by atoms with Gasteiger partial charge in [-0.25, -0.2) is 24.3 Å². The van der Waals surface area contributed by atoms with Crippen molar-refractivity contribution in [1.82, 2.24) is 0 Å². The van der Waals surface area contributed by atoms with E-state index in [1.807, 2.05) is 133 Å². The second-order valence-corrected chi connectivity index (χ2v) is 7.69. The average Bonchev–Trinajstić information content (AvgIpc) is 3.73. The van der Waals surface area contributed by atoms with Crippen molar-refractivity contribution in [3.63, 3.8) is 0 Å². The van der Waals surface area contributed by atoms with Crippen LogP contribution in [0.25, 0.3) is 0 Å². The molecule has 0 aliphatic rings. The Morgan fingerprint density at radius 2 is 0.692 bits per heavy atom. The van der Waals surface area contributed by atoms with Gasteiger partial charge in [-0.2, -0.15) is 36.4 Å². The summed E-state index contributed by atoms with van der Waals surface area (Å²) < 4.78 is 10.9. The Morgan fingerprint density at radius 1 is 0.385 bits per heavy atom. The predicted molar refractivity (Wildman–Crippen MR) is 153 cm³/mol. The summed E-state index contributed by atoms with van der Waals surface area (Å²) in [7, 11) is 0. The van der Waals surface area contributed by atoms with Crippen molar-refractivity contribution >= 4 is 0 Å². The van der Waals surface area contributed by atoms with E-state index in [-0.39, 0.29) is 37.7 Å². The number of hydrogen-bond donors (Lipinski definition) is 2. The fraction of sp³-hybridized carbons (Fsp3) is 0. The monoisotopic (exact) mass is 592 g/mol. The van der Waals surface area contributed by atoms with Gasteiger partial charge in [0.2, 0.25) is 0 Å². The van der Waals surface area contributed by atoms with E-state index in [2.05, 4.69) is 0 Å². The average molecular weight is 594 g/mol. The van der Waals surface area contributed by atoms with Crippen LogP contribution in [0.3, 0.4) is 0 Å². The van der Waals surface area contributed by atoms with Crippen LogP contribution in [0.2, 0.25) is 0 Å². The first-order valence-corrected chi connectivity index (χ1v) is 12.1. The number of para-hydroxylation sites is 6. The van der Waals surface area contributed by atoms with Gasteiger partial charge in [0, 0.05) is 0 Å². The maximum absolute atomic E-state index is 9.45. The molecule has 39 heavy (non-hydrogen) atoms. The zero-order valence-corrected chi connectivity index (χ0v) is 23.8. The van der Waals surface area contributed by atoms with Crippen LogP contribution < -0.4 is 9.47 Å². The van der Waals surface area contributed by atoms with Gasteiger partial charge < -0.3 is 19.7 Å². The molecule has 6 aromatic rings. The SMILES string of the molecule is Oc1ccccc1Oc1ccccc1.Oc1ccccc1Oc1ccccc1.[Zr+2].c1cc[cH-]c1.c1cc[cH-]c1. The first-order chi connectivity index (χ1) is 18.7. The zero-order chi connectivity index (χ0) is 26.7. The summed E-state index contributed by atoms with van der Waals surface area (Å²) in [6.07, 6.45) is 0. The van der Waals surface area contributed by atoms with Crippen molar-refractivity contribution in [2.75, 3.05) is 0 Å². The van der Waals surface area contributed by atoms with Crippen LogP contribution >= 0.6 is 0 Å². The second kappa shape index (κ2) is 18.8. The molecular formula is C34H30O4Zr. The van der Waals surface area contributed by atoms with E-state index in [4.69, 9.17) is 9.47 Å². The van der Waals surface area contributed by atoms with Gasteiger partial charge in [0.05, 0.1) is 0 Å². The van der Waals surface area contributed by atoms with Gasteiger partial charge >= 0.3 is 26.2 Å². The van der Waals surface area contributed by atoms with E-state index in [0.717, 1.165) is 0 Å². The van der Waals surface area contributed by atoms with Gasteiger partial charge in [-0.05, 0) is 48.5 Å². The molecule has 2 N–H and O–H groups in total. The van der Waals surface area contributed by atoms with Crippen LogP contribution in [0.4, 0.5) is 0 Å². The number of hydrogen-bond acceptors (Lipinski definition) is 4. The van der Waals surface area contributed by atoms with E-state index in [1.54, 1.807) is 36.4 Å². The van der Waals surface area contributed by atoms with Crippen molar-refractivity contribution in [1.29, 1.82) is 0 Å². The minimum Gasteiger partial charge on any atom is -0.504 e. The summed E-state index contributed by atoms with van der Waals surface area (Å²) >= 11 is 0. The van der Waals surface area contributed by atoms with Gasteiger partial charge in [0.15, 0.2) is 23.0 Å². The van der Waals surface area contributed by atoms with Gasteiger partial charge in [-0.15, -0.1) is 0 Å². The number of benzene rings is 4. The summed E-state index contributed by atoms with van der Waals surface area (Å²) in [5.74, 6) is 2.67. The first kappa shape index (κ1) is 30.9. The summed E-state index contributed by atoms with van der Waals surface area (Å²) in [6.45, 7) is 0. The third kappa shape index (κ3) is 12.6. The molecule has 0 saturated heterocycles. The normalized spacial score (nSPS) is 9.03. The van der Waals surface area contributed by atoms with E-state index in [9.17, 15) is 10.2 Å². The number of aromatic hydroxyl groups is 2. The Labute approximate surface area is 249 Å². The van der Waals surface area contributed by atoms with Crippen LogP contribution in [0.15, 0.2) is 170 Å². The maximum atomic E-state index is 9.45. The fourth-order valence-corrected chi connectivity index (χ4v) is 2.96. The van der Waals surface area contributed by atoms with Crippen molar-refractivity contribution in [2.45, 2.75) is 0 Å². The Kier molecular flexibility index (Phi) is 14.9. The van der Waals surface area contributed by atoms with Crippen molar-refractivity contribution in [3.05, 3.63) is 170 Å². The molecule has 0 heterocycles. The Balaban J connectivity index is 0.000000199. The van der Waals surface area contributed by atoms with Gasteiger partial charge in [-0.1, -0.05) is 60.7 Å². The molecule has 0 spiro atoms. The van der Waals surface area contributed by atoms with Crippen molar-refractivity contribution in [2.24, 2.45) is 0 Å². The second-order valence-electron chi connectivity index (χ2n) is 7.69. The molecule has 0 aliphatic carbocycles. The molecule has 5 heteroatoms. The van der Waals surface area contributed by atoms with E-state index in [1.165, 1.54) is 0 Å². The summed E-state index contributed by atoms with van der Waals surface area (Å²) in [5.41, 5.74) is 0. The molecule has 0 aromatic heterocycles. The smallest absolute Gasteiger partial charge is 0.504 e. The molecular weight excluding hydrogens is 564 g/mol. The summed E-state index contributed by atoms with van der Waals surface area (Å²) in [4.78, 5) is 0. The number of phenols is 2. The quantitative estimate of drug-likeness (QED) is 0.200. The molecule has 0 unspecified atom stereocenters. The van der Waals surface area contributed by atoms with Gasteiger partial charge in [0.25, 0.3) is 0 Å². The maximum Gasteiger partial charge on any atom is 2.00 e. The minimum absolute atomic E-state index is 0. The minimum atomic E-state index is 0. The van der Waals surface area contributed by atoms with Crippen molar-refractivity contribution in [3.8, 4) is 34.5 Å². The van der Waals surface area contributed by atoms with Crippen molar-refractivity contribution < 1.29 is 45.9 Å². The summed E-state index contributed by atoms with van der Waals surface area (Å²) in [6, 6.07) is 52.5. The molecule has 0 amide bonds.